The maximum atomic E-state index is 13.1. The number of nitrogens with one attached hydrogen (secondary N) is 1. The molecule has 0 bridgehead atoms. The van der Waals surface area contributed by atoms with E-state index >= 15 is 0 Å². The van der Waals surface area contributed by atoms with E-state index in [1.807, 2.05) is 30.3 Å². The Kier molecular flexibility index (Phi) is 3.67. The number of benzene rings is 2. The van der Waals surface area contributed by atoms with Crippen molar-refractivity contribution in [1.82, 2.24) is 14.5 Å². The van der Waals surface area contributed by atoms with E-state index < -0.39 is 11.2 Å². The zero-order valence-corrected chi connectivity index (χ0v) is 15.1. The molecular weight excluding hydrogens is 378 g/mol. The number of H-pyrrole nitrogens is 1. The summed E-state index contributed by atoms with van der Waals surface area (Å²) < 4.78 is 6.78. The van der Waals surface area contributed by atoms with Gasteiger partial charge in [0.1, 0.15) is 11.1 Å². The van der Waals surface area contributed by atoms with Crippen LogP contribution in [0.25, 0.3) is 38.9 Å². The molecule has 0 radical (unpaired) electrons. The Labute approximate surface area is 162 Å². The minimum absolute atomic E-state index is 0.106. The van der Waals surface area contributed by atoms with Crippen molar-refractivity contribution in [3.05, 3.63) is 92.9 Å². The predicted octanol–water partition coefficient (Wildman–Crippen LogP) is 4.14. The topological polar surface area (TPSA) is 80.9 Å². The van der Waals surface area contributed by atoms with Crippen LogP contribution in [0.4, 0.5) is 0 Å². The zero-order chi connectivity index (χ0) is 19.3. The number of hydrogen-bond acceptors (Lipinski definition) is 4. The first-order chi connectivity index (χ1) is 13.6. The van der Waals surface area contributed by atoms with Crippen molar-refractivity contribution in [2.24, 2.45) is 0 Å². The van der Waals surface area contributed by atoms with Gasteiger partial charge in [0, 0.05) is 22.5 Å². The highest BCUT2D eigenvalue weighted by molar-refractivity contribution is 6.33. The average Bonchev–Trinajstić information content (AvgIpc) is 3.12. The van der Waals surface area contributed by atoms with Gasteiger partial charge in [0.25, 0.3) is 5.56 Å². The lowest BCUT2D eigenvalue weighted by Gasteiger charge is -2.07. The van der Waals surface area contributed by atoms with Crippen molar-refractivity contribution in [3.63, 3.8) is 0 Å². The van der Waals surface area contributed by atoms with E-state index in [0.717, 1.165) is 15.3 Å². The first-order valence-electron chi connectivity index (χ1n) is 8.50. The third-order valence-electron chi connectivity index (χ3n) is 4.62. The van der Waals surface area contributed by atoms with Crippen molar-refractivity contribution in [2.75, 3.05) is 0 Å². The monoisotopic (exact) mass is 389 g/mol. The first-order valence-corrected chi connectivity index (χ1v) is 8.88. The van der Waals surface area contributed by atoms with Gasteiger partial charge in [-0.15, -0.1) is 0 Å². The molecule has 0 unspecified atom stereocenters. The Morgan fingerprint density at radius 3 is 2.61 bits per heavy atom. The normalized spacial score (nSPS) is 11.3. The maximum Gasteiger partial charge on any atom is 0.335 e. The van der Waals surface area contributed by atoms with E-state index in [4.69, 9.17) is 16.0 Å². The van der Waals surface area contributed by atoms with Gasteiger partial charge in [-0.1, -0.05) is 48.0 Å². The van der Waals surface area contributed by atoms with Crippen LogP contribution in [0, 0.1) is 0 Å². The van der Waals surface area contributed by atoms with Gasteiger partial charge in [0.15, 0.2) is 0 Å². The second-order valence-corrected chi connectivity index (χ2v) is 6.69. The average molecular weight is 390 g/mol. The molecule has 0 amide bonds. The second kappa shape index (κ2) is 6.21. The number of rotatable bonds is 2. The summed E-state index contributed by atoms with van der Waals surface area (Å²) in [4.78, 5) is 32.7. The number of fused-ring (bicyclic) bond motifs is 2. The number of aromatic nitrogens is 3. The molecule has 28 heavy (non-hydrogen) atoms. The summed E-state index contributed by atoms with van der Waals surface area (Å²) in [6.07, 6.45) is 3.18. The maximum absolute atomic E-state index is 13.1. The lowest BCUT2D eigenvalue weighted by Crippen LogP contribution is -2.33. The molecule has 5 rings (SSSR count). The molecule has 136 valence electrons. The molecule has 0 spiro atoms. The van der Waals surface area contributed by atoms with Crippen molar-refractivity contribution < 1.29 is 4.42 Å². The van der Waals surface area contributed by atoms with E-state index in [9.17, 15) is 9.59 Å². The van der Waals surface area contributed by atoms with Crippen LogP contribution < -0.4 is 11.2 Å². The van der Waals surface area contributed by atoms with Gasteiger partial charge >= 0.3 is 5.69 Å². The highest BCUT2D eigenvalue weighted by Gasteiger charge is 2.17. The van der Waals surface area contributed by atoms with Crippen molar-refractivity contribution in [1.29, 1.82) is 0 Å². The van der Waals surface area contributed by atoms with E-state index in [1.165, 1.54) is 6.20 Å². The van der Waals surface area contributed by atoms with E-state index in [0.29, 0.717) is 22.0 Å². The third-order valence-corrected chi connectivity index (χ3v) is 4.95. The fourth-order valence-corrected chi connectivity index (χ4v) is 3.53. The fraction of sp³-hybridized carbons (Fsp3) is 0. The quantitative estimate of drug-likeness (QED) is 0.492. The predicted molar refractivity (Wildman–Crippen MR) is 108 cm³/mol. The SMILES string of the molecule is O=c1[nH]c2oc(-c3ccccc3Cl)cc2c(=O)n1-c1cncc2ccccc12. The molecule has 0 aliphatic rings. The second-order valence-electron chi connectivity index (χ2n) is 6.28. The number of hydrogen-bond donors (Lipinski definition) is 1. The summed E-state index contributed by atoms with van der Waals surface area (Å²) in [5.41, 5.74) is 0.0646. The van der Waals surface area contributed by atoms with Crippen molar-refractivity contribution in [2.45, 2.75) is 0 Å². The van der Waals surface area contributed by atoms with Crippen molar-refractivity contribution in [3.8, 4) is 17.0 Å². The molecule has 0 saturated carbocycles. The van der Waals surface area contributed by atoms with Crippen LogP contribution in [0.3, 0.4) is 0 Å². The van der Waals surface area contributed by atoms with Crippen LogP contribution in [-0.2, 0) is 0 Å². The van der Waals surface area contributed by atoms with Gasteiger partial charge in [-0.25, -0.2) is 9.36 Å². The molecule has 1 N–H and O–H groups in total. The largest absolute Gasteiger partial charge is 0.439 e. The summed E-state index contributed by atoms with van der Waals surface area (Å²) in [6.45, 7) is 0. The van der Waals surface area contributed by atoms with Gasteiger partial charge in [-0.3, -0.25) is 14.8 Å². The van der Waals surface area contributed by atoms with E-state index in [1.54, 1.807) is 30.5 Å². The van der Waals surface area contributed by atoms with Gasteiger partial charge in [-0.2, -0.15) is 0 Å². The first kappa shape index (κ1) is 16.5. The van der Waals surface area contributed by atoms with Crippen LogP contribution in [0.15, 0.2) is 81.0 Å². The van der Waals surface area contributed by atoms with E-state index in [-0.39, 0.29) is 11.1 Å². The summed E-state index contributed by atoms with van der Waals surface area (Å²) in [7, 11) is 0. The van der Waals surface area contributed by atoms with Crippen LogP contribution in [0.5, 0.6) is 0 Å². The number of nitrogens with zero attached hydrogens (tertiary/aromatic N) is 2. The summed E-state index contributed by atoms with van der Waals surface area (Å²) in [6, 6.07) is 16.1. The van der Waals surface area contributed by atoms with Crippen LogP contribution >= 0.6 is 11.6 Å². The minimum Gasteiger partial charge on any atom is -0.439 e. The number of furan rings is 1. The fourth-order valence-electron chi connectivity index (χ4n) is 3.30. The van der Waals surface area contributed by atoms with E-state index in [2.05, 4.69) is 9.97 Å². The molecule has 2 aromatic carbocycles. The molecule has 3 aromatic heterocycles. The molecule has 0 aliphatic heterocycles. The highest BCUT2D eigenvalue weighted by atomic mass is 35.5. The third kappa shape index (κ3) is 2.46. The molecular formula is C21H12ClN3O3. The molecule has 0 saturated heterocycles. The van der Waals surface area contributed by atoms with Crippen LogP contribution in [-0.4, -0.2) is 14.5 Å². The Hall–Kier alpha value is -3.64. The number of halogens is 1. The molecule has 0 fully saturated rings. The summed E-state index contributed by atoms with van der Waals surface area (Å²) in [5.74, 6) is 0.405. The molecule has 0 atom stereocenters. The highest BCUT2D eigenvalue weighted by Crippen LogP contribution is 2.30. The zero-order valence-electron chi connectivity index (χ0n) is 14.3. The van der Waals surface area contributed by atoms with Gasteiger partial charge < -0.3 is 4.42 Å². The number of aromatic amines is 1. The molecule has 6 nitrogen and oxygen atoms in total. The summed E-state index contributed by atoms with van der Waals surface area (Å²) >= 11 is 6.23. The van der Waals surface area contributed by atoms with Gasteiger partial charge in [-0.05, 0) is 18.2 Å². The molecule has 5 aromatic rings. The smallest absolute Gasteiger partial charge is 0.335 e. The van der Waals surface area contributed by atoms with Crippen LogP contribution in [0.1, 0.15) is 0 Å². The lowest BCUT2D eigenvalue weighted by atomic mass is 10.1. The Balaban J connectivity index is 1.81. The van der Waals surface area contributed by atoms with Crippen LogP contribution in [0.2, 0.25) is 5.02 Å². The Morgan fingerprint density at radius 2 is 1.75 bits per heavy atom. The van der Waals surface area contributed by atoms with Gasteiger partial charge in [0.2, 0.25) is 5.71 Å². The minimum atomic E-state index is -0.601. The number of pyridine rings is 1. The summed E-state index contributed by atoms with van der Waals surface area (Å²) in [5, 5.41) is 2.32. The molecule has 7 heteroatoms. The van der Waals surface area contributed by atoms with Gasteiger partial charge in [0.05, 0.1) is 16.9 Å². The standard InChI is InChI=1S/C21H12ClN3O3/c22-16-8-4-3-7-14(16)18-9-15-19(28-18)24-21(27)25(20(15)26)17-11-23-10-12-5-1-2-6-13(12)17/h1-11H,(H,24,27). The van der Waals surface area contributed by atoms with Crippen molar-refractivity contribution >= 4 is 33.5 Å². The lowest BCUT2D eigenvalue weighted by molar-refractivity contribution is 0.613. The molecule has 0 aliphatic carbocycles. The Bertz CT molecular complexity index is 1470. The Morgan fingerprint density at radius 1 is 0.964 bits per heavy atom. The molecule has 3 heterocycles.